The molecule has 2 rings (SSSR count). The van der Waals surface area contributed by atoms with Gasteiger partial charge in [0, 0.05) is 12.2 Å². The number of hydrogen-bond acceptors (Lipinski definition) is 2. The smallest absolute Gasteiger partial charge is 0.224 e. The molecule has 0 heterocycles. The summed E-state index contributed by atoms with van der Waals surface area (Å²) < 4.78 is 12.8. The largest absolute Gasteiger partial charge is 0.370 e. The zero-order valence-corrected chi connectivity index (χ0v) is 15.1. The van der Waals surface area contributed by atoms with E-state index in [-0.39, 0.29) is 18.1 Å². The van der Waals surface area contributed by atoms with E-state index in [2.05, 4.69) is 35.5 Å². The van der Waals surface area contributed by atoms with Gasteiger partial charge in [-0.2, -0.15) is 0 Å². The molecule has 0 fully saturated rings. The lowest BCUT2D eigenvalue weighted by atomic mass is 10.0. The van der Waals surface area contributed by atoms with Gasteiger partial charge in [0.2, 0.25) is 5.91 Å². The first-order valence-electron chi connectivity index (χ1n) is 8.62. The molecule has 0 atom stereocenters. The van der Waals surface area contributed by atoms with Crippen molar-refractivity contribution >= 4 is 17.6 Å². The van der Waals surface area contributed by atoms with Crippen LogP contribution in [0.4, 0.5) is 10.1 Å². The summed E-state index contributed by atoms with van der Waals surface area (Å²) in [5.74, 6) is 0.290. The molecule has 0 unspecified atom stereocenters. The number of carbonyl (C=O) groups excluding carboxylic acids is 1. The monoisotopic (exact) mass is 356 g/mol. The van der Waals surface area contributed by atoms with Crippen molar-refractivity contribution in [2.75, 3.05) is 18.4 Å². The minimum atomic E-state index is -0.314. The maximum atomic E-state index is 12.8. The molecule has 138 valence electrons. The number of carbonyl (C=O) groups is 1. The SMILES string of the molecule is CC(C)c1cccc(NC(N)=NCCNC(=O)Cc2ccc(F)cc2)c1. The molecule has 26 heavy (non-hydrogen) atoms. The summed E-state index contributed by atoms with van der Waals surface area (Å²) in [4.78, 5) is 16.0. The van der Waals surface area contributed by atoms with Crippen LogP contribution in [0.3, 0.4) is 0 Å². The fraction of sp³-hybridized carbons (Fsp3) is 0.300. The number of hydrogen-bond donors (Lipinski definition) is 3. The Kier molecular flexibility index (Phi) is 7.14. The van der Waals surface area contributed by atoms with Gasteiger partial charge in [-0.15, -0.1) is 0 Å². The predicted molar refractivity (Wildman–Crippen MR) is 104 cm³/mol. The van der Waals surface area contributed by atoms with Crippen molar-refractivity contribution in [3.8, 4) is 0 Å². The Morgan fingerprint density at radius 1 is 1.19 bits per heavy atom. The summed E-state index contributed by atoms with van der Waals surface area (Å²) in [6.45, 7) is 5.02. The van der Waals surface area contributed by atoms with Crippen LogP contribution in [-0.2, 0) is 11.2 Å². The highest BCUT2D eigenvalue weighted by molar-refractivity contribution is 5.92. The number of amides is 1. The van der Waals surface area contributed by atoms with Crippen molar-refractivity contribution < 1.29 is 9.18 Å². The van der Waals surface area contributed by atoms with E-state index in [1.165, 1.54) is 17.7 Å². The Bertz CT molecular complexity index is 757. The number of rotatable bonds is 7. The maximum absolute atomic E-state index is 12.8. The highest BCUT2D eigenvalue weighted by Crippen LogP contribution is 2.18. The Balaban J connectivity index is 1.74. The molecule has 0 radical (unpaired) electrons. The first-order valence-corrected chi connectivity index (χ1v) is 8.62. The van der Waals surface area contributed by atoms with Gasteiger partial charge in [-0.1, -0.05) is 38.1 Å². The molecule has 0 bridgehead atoms. The van der Waals surface area contributed by atoms with Gasteiger partial charge in [-0.05, 0) is 41.3 Å². The minimum absolute atomic E-state index is 0.136. The molecular formula is C20H25FN4O. The van der Waals surface area contributed by atoms with Crippen molar-refractivity contribution in [2.24, 2.45) is 10.7 Å². The highest BCUT2D eigenvalue weighted by Gasteiger charge is 2.03. The topological polar surface area (TPSA) is 79.5 Å². The van der Waals surface area contributed by atoms with E-state index in [1.807, 2.05) is 18.2 Å². The number of nitrogens with zero attached hydrogens (tertiary/aromatic N) is 1. The molecule has 2 aromatic rings. The van der Waals surface area contributed by atoms with Gasteiger partial charge >= 0.3 is 0 Å². The summed E-state index contributed by atoms with van der Waals surface area (Å²) in [6, 6.07) is 13.9. The van der Waals surface area contributed by atoms with Gasteiger partial charge < -0.3 is 16.4 Å². The Morgan fingerprint density at radius 3 is 2.62 bits per heavy atom. The van der Waals surface area contributed by atoms with Crippen LogP contribution in [0.5, 0.6) is 0 Å². The number of nitrogens with two attached hydrogens (primary N) is 1. The van der Waals surface area contributed by atoms with Gasteiger partial charge in [0.1, 0.15) is 5.82 Å². The van der Waals surface area contributed by atoms with Gasteiger partial charge in [-0.3, -0.25) is 9.79 Å². The molecule has 6 heteroatoms. The Morgan fingerprint density at radius 2 is 1.92 bits per heavy atom. The number of halogens is 1. The minimum Gasteiger partial charge on any atom is -0.370 e. The molecule has 0 aliphatic carbocycles. The van der Waals surface area contributed by atoms with Crippen LogP contribution in [-0.4, -0.2) is 25.0 Å². The summed E-state index contributed by atoms with van der Waals surface area (Å²) in [5, 5.41) is 5.82. The Labute approximate surface area is 153 Å². The van der Waals surface area contributed by atoms with Crippen molar-refractivity contribution in [1.29, 1.82) is 0 Å². The van der Waals surface area contributed by atoms with Crippen LogP contribution < -0.4 is 16.4 Å². The zero-order chi connectivity index (χ0) is 18.9. The summed E-state index contributed by atoms with van der Waals surface area (Å²) in [6.07, 6.45) is 0.208. The second kappa shape index (κ2) is 9.56. The van der Waals surface area contributed by atoms with Crippen molar-refractivity contribution in [1.82, 2.24) is 5.32 Å². The van der Waals surface area contributed by atoms with E-state index in [1.54, 1.807) is 12.1 Å². The highest BCUT2D eigenvalue weighted by atomic mass is 19.1. The molecule has 5 nitrogen and oxygen atoms in total. The van der Waals surface area contributed by atoms with Crippen molar-refractivity contribution in [2.45, 2.75) is 26.2 Å². The van der Waals surface area contributed by atoms with E-state index in [9.17, 15) is 9.18 Å². The van der Waals surface area contributed by atoms with Gasteiger partial charge in [0.05, 0.1) is 13.0 Å². The predicted octanol–water partition coefficient (Wildman–Crippen LogP) is 3.03. The van der Waals surface area contributed by atoms with E-state index in [0.717, 1.165) is 11.3 Å². The van der Waals surface area contributed by atoms with E-state index in [4.69, 9.17) is 5.73 Å². The molecule has 0 saturated carbocycles. The molecule has 0 aromatic heterocycles. The fourth-order valence-corrected chi connectivity index (χ4v) is 2.38. The number of benzene rings is 2. The summed E-state index contributed by atoms with van der Waals surface area (Å²) >= 11 is 0. The molecule has 2 aromatic carbocycles. The van der Waals surface area contributed by atoms with Gasteiger partial charge in [0.15, 0.2) is 5.96 Å². The van der Waals surface area contributed by atoms with Crippen LogP contribution in [0, 0.1) is 5.82 Å². The molecule has 0 saturated heterocycles. The molecular weight excluding hydrogens is 331 g/mol. The van der Waals surface area contributed by atoms with Gasteiger partial charge in [-0.25, -0.2) is 4.39 Å². The van der Waals surface area contributed by atoms with Crippen LogP contribution in [0.2, 0.25) is 0 Å². The summed E-state index contributed by atoms with van der Waals surface area (Å²) in [7, 11) is 0. The van der Waals surface area contributed by atoms with Crippen LogP contribution in [0.25, 0.3) is 0 Å². The van der Waals surface area contributed by atoms with Crippen molar-refractivity contribution in [3.05, 3.63) is 65.5 Å². The van der Waals surface area contributed by atoms with Crippen molar-refractivity contribution in [3.63, 3.8) is 0 Å². The third-order valence-electron chi connectivity index (χ3n) is 3.82. The number of guanidine groups is 1. The van der Waals surface area contributed by atoms with Crippen LogP contribution in [0.1, 0.15) is 30.9 Å². The molecule has 4 N–H and O–H groups in total. The van der Waals surface area contributed by atoms with Gasteiger partial charge in [0.25, 0.3) is 0 Å². The van der Waals surface area contributed by atoms with Crippen LogP contribution in [0.15, 0.2) is 53.5 Å². The number of nitrogens with one attached hydrogen (secondary N) is 2. The lowest BCUT2D eigenvalue weighted by molar-refractivity contribution is -0.120. The molecule has 0 spiro atoms. The number of aliphatic imine (C=N–C) groups is 1. The second-order valence-corrected chi connectivity index (χ2v) is 6.33. The maximum Gasteiger partial charge on any atom is 0.224 e. The quantitative estimate of drug-likeness (QED) is 0.405. The first kappa shape index (κ1) is 19.4. The third kappa shape index (κ3) is 6.55. The van der Waals surface area contributed by atoms with E-state index < -0.39 is 0 Å². The van der Waals surface area contributed by atoms with Crippen LogP contribution >= 0.6 is 0 Å². The second-order valence-electron chi connectivity index (χ2n) is 6.33. The lowest BCUT2D eigenvalue weighted by Gasteiger charge is -2.10. The van der Waals surface area contributed by atoms with E-state index >= 15 is 0 Å². The van der Waals surface area contributed by atoms with E-state index in [0.29, 0.717) is 25.0 Å². The molecule has 0 aliphatic rings. The standard InChI is InChI=1S/C20H25FN4O/c1-14(2)16-4-3-5-18(13-16)25-20(22)24-11-10-23-19(26)12-15-6-8-17(21)9-7-15/h3-9,13-14H,10-12H2,1-2H3,(H,23,26)(H3,22,24,25). The Hall–Kier alpha value is -2.89. The third-order valence-corrected chi connectivity index (χ3v) is 3.82. The fourth-order valence-electron chi connectivity index (χ4n) is 2.38. The average molecular weight is 356 g/mol. The molecule has 0 aliphatic heterocycles. The normalized spacial score (nSPS) is 11.5. The average Bonchev–Trinajstić information content (AvgIpc) is 2.61. The summed E-state index contributed by atoms with van der Waals surface area (Å²) in [5.41, 5.74) is 8.75. The number of anilines is 1. The first-order chi connectivity index (χ1) is 12.4. The lowest BCUT2D eigenvalue weighted by Crippen LogP contribution is -2.29. The molecule has 1 amide bonds. The zero-order valence-electron chi connectivity index (χ0n) is 15.1.